The second-order valence-electron chi connectivity index (χ2n) is 6.30. The maximum atomic E-state index is 12.4. The molecule has 0 atom stereocenters. The van der Waals surface area contributed by atoms with Crippen LogP contribution in [-0.4, -0.2) is 28.9 Å². The zero-order valence-corrected chi connectivity index (χ0v) is 13.4. The Kier molecular flexibility index (Phi) is 4.29. The molecule has 1 aromatic rings. The van der Waals surface area contributed by atoms with Crippen LogP contribution in [0, 0.1) is 11.3 Å². The van der Waals surface area contributed by atoms with Crippen LogP contribution >= 0.6 is 15.9 Å². The number of hydrogen-bond acceptors (Lipinski definition) is 2. The molecule has 2 heterocycles. The number of nitrogens with zero attached hydrogens (tertiary/aromatic N) is 2. The summed E-state index contributed by atoms with van der Waals surface area (Å²) in [6.45, 7) is 8.58. The Morgan fingerprint density at radius 3 is 2.53 bits per heavy atom. The summed E-state index contributed by atoms with van der Waals surface area (Å²) in [6, 6.07) is 3.57. The molecule has 0 radical (unpaired) electrons. The summed E-state index contributed by atoms with van der Waals surface area (Å²) in [4.78, 5) is 18.4. The predicted octanol–water partition coefficient (Wildman–Crippen LogP) is 3.74. The number of rotatable bonds is 1. The Labute approximate surface area is 123 Å². The molecule has 0 unspecified atom stereocenters. The second-order valence-corrected chi connectivity index (χ2v) is 7.11. The van der Waals surface area contributed by atoms with Crippen LogP contribution in [0.2, 0.25) is 0 Å². The topological polar surface area (TPSA) is 33.2 Å². The summed E-state index contributed by atoms with van der Waals surface area (Å²) >= 11 is 3.31. The summed E-state index contributed by atoms with van der Waals surface area (Å²) in [7, 11) is 0. The molecule has 0 bridgehead atoms. The van der Waals surface area contributed by atoms with Crippen molar-refractivity contribution < 1.29 is 4.79 Å². The van der Waals surface area contributed by atoms with Crippen molar-refractivity contribution in [1.29, 1.82) is 0 Å². The summed E-state index contributed by atoms with van der Waals surface area (Å²) in [6.07, 6.45) is 3.86. The van der Waals surface area contributed by atoms with Crippen molar-refractivity contribution in [2.45, 2.75) is 33.6 Å². The fourth-order valence-corrected chi connectivity index (χ4v) is 3.03. The van der Waals surface area contributed by atoms with E-state index in [1.54, 1.807) is 18.3 Å². The van der Waals surface area contributed by atoms with Crippen molar-refractivity contribution in [3.05, 3.63) is 28.5 Å². The highest BCUT2D eigenvalue weighted by Crippen LogP contribution is 2.34. The van der Waals surface area contributed by atoms with E-state index >= 15 is 0 Å². The molecule has 1 aromatic heterocycles. The molecule has 1 aliphatic rings. The molecule has 1 aliphatic heterocycles. The Bertz CT molecular complexity index is 459. The number of pyridine rings is 1. The molecule has 0 N–H and O–H groups in total. The largest absolute Gasteiger partial charge is 0.339 e. The first kappa shape index (κ1) is 14.5. The lowest BCUT2D eigenvalue weighted by molar-refractivity contribution is 0.0608. The first-order chi connectivity index (χ1) is 8.88. The van der Waals surface area contributed by atoms with Gasteiger partial charge in [0.25, 0.3) is 5.91 Å². The van der Waals surface area contributed by atoms with Crippen molar-refractivity contribution in [1.82, 2.24) is 9.88 Å². The van der Waals surface area contributed by atoms with Gasteiger partial charge in [0.05, 0.1) is 0 Å². The molecule has 1 fully saturated rings. The zero-order chi connectivity index (χ0) is 14.0. The number of piperidine rings is 1. The number of hydrogen-bond donors (Lipinski definition) is 0. The molecule has 2 rings (SSSR count). The minimum absolute atomic E-state index is 0.121. The standard InChI is InChI=1S/C15H21BrN2O/c1-15(2,3)12-5-8-18(9-6-12)14(19)11-4-7-17-13(16)10-11/h4,7,10,12H,5-6,8-9H2,1-3H3. The molecule has 104 valence electrons. The average molecular weight is 325 g/mol. The number of carbonyl (C=O) groups is 1. The van der Waals surface area contributed by atoms with Crippen LogP contribution in [0.4, 0.5) is 0 Å². The molecular formula is C15H21BrN2O. The maximum Gasteiger partial charge on any atom is 0.254 e. The highest BCUT2D eigenvalue weighted by Gasteiger charge is 2.30. The Morgan fingerprint density at radius 1 is 1.37 bits per heavy atom. The van der Waals surface area contributed by atoms with Crippen LogP contribution in [0.25, 0.3) is 0 Å². The van der Waals surface area contributed by atoms with E-state index in [0.717, 1.165) is 31.5 Å². The van der Waals surface area contributed by atoms with Gasteiger partial charge in [0.2, 0.25) is 0 Å². The van der Waals surface area contributed by atoms with E-state index in [4.69, 9.17) is 0 Å². The van der Waals surface area contributed by atoms with Crippen LogP contribution in [0.1, 0.15) is 44.0 Å². The summed E-state index contributed by atoms with van der Waals surface area (Å²) < 4.78 is 0.711. The van der Waals surface area contributed by atoms with Crippen molar-refractivity contribution in [2.75, 3.05) is 13.1 Å². The van der Waals surface area contributed by atoms with Crippen LogP contribution < -0.4 is 0 Å². The second kappa shape index (κ2) is 5.61. The van der Waals surface area contributed by atoms with E-state index in [2.05, 4.69) is 41.7 Å². The van der Waals surface area contributed by atoms with Gasteiger partial charge in [-0.3, -0.25) is 4.79 Å². The van der Waals surface area contributed by atoms with Gasteiger partial charge in [0, 0.05) is 24.8 Å². The Morgan fingerprint density at radius 2 is 2.00 bits per heavy atom. The van der Waals surface area contributed by atoms with E-state index in [9.17, 15) is 4.79 Å². The molecule has 0 aliphatic carbocycles. The molecule has 0 aromatic carbocycles. The van der Waals surface area contributed by atoms with Gasteiger partial charge in [0.1, 0.15) is 4.60 Å². The molecule has 1 saturated heterocycles. The van der Waals surface area contributed by atoms with Crippen molar-refractivity contribution in [3.8, 4) is 0 Å². The van der Waals surface area contributed by atoms with E-state index < -0.39 is 0 Å². The maximum absolute atomic E-state index is 12.4. The molecule has 3 nitrogen and oxygen atoms in total. The third-order valence-corrected chi connectivity index (χ3v) is 4.41. The molecule has 1 amide bonds. The highest BCUT2D eigenvalue weighted by molar-refractivity contribution is 9.10. The van der Waals surface area contributed by atoms with Crippen molar-refractivity contribution in [2.24, 2.45) is 11.3 Å². The number of likely N-dealkylation sites (tertiary alicyclic amines) is 1. The molecular weight excluding hydrogens is 304 g/mol. The SMILES string of the molecule is CC(C)(C)C1CCN(C(=O)c2ccnc(Br)c2)CC1. The number of carbonyl (C=O) groups excluding carboxylic acids is 1. The Hall–Kier alpha value is -0.900. The minimum Gasteiger partial charge on any atom is -0.339 e. The third-order valence-electron chi connectivity index (χ3n) is 3.98. The van der Waals surface area contributed by atoms with E-state index in [-0.39, 0.29) is 5.91 Å². The van der Waals surface area contributed by atoms with Crippen LogP contribution in [0.15, 0.2) is 22.9 Å². The normalized spacial score (nSPS) is 17.6. The van der Waals surface area contributed by atoms with Crippen molar-refractivity contribution >= 4 is 21.8 Å². The predicted molar refractivity (Wildman–Crippen MR) is 80.0 cm³/mol. The quantitative estimate of drug-likeness (QED) is 0.737. The molecule has 4 heteroatoms. The van der Waals surface area contributed by atoms with Crippen LogP contribution in [0.5, 0.6) is 0 Å². The molecule has 0 spiro atoms. The Balaban J connectivity index is 2.00. The number of amides is 1. The van der Waals surface area contributed by atoms with E-state index in [0.29, 0.717) is 15.9 Å². The number of halogens is 1. The van der Waals surface area contributed by atoms with Gasteiger partial charge in [-0.25, -0.2) is 4.98 Å². The first-order valence-corrected chi connectivity index (χ1v) is 7.58. The summed E-state index contributed by atoms with van der Waals surface area (Å²) in [5.41, 5.74) is 1.06. The van der Waals surface area contributed by atoms with Crippen molar-refractivity contribution in [3.63, 3.8) is 0 Å². The first-order valence-electron chi connectivity index (χ1n) is 6.79. The van der Waals surface area contributed by atoms with Crippen LogP contribution in [-0.2, 0) is 0 Å². The summed E-state index contributed by atoms with van der Waals surface area (Å²) in [5, 5.41) is 0. The van der Waals surface area contributed by atoms with Gasteiger partial charge in [0.15, 0.2) is 0 Å². The zero-order valence-electron chi connectivity index (χ0n) is 11.8. The fourth-order valence-electron chi connectivity index (χ4n) is 2.67. The van der Waals surface area contributed by atoms with Gasteiger partial charge < -0.3 is 4.90 Å². The lowest BCUT2D eigenvalue weighted by Crippen LogP contribution is -2.41. The average Bonchev–Trinajstić information content (AvgIpc) is 2.37. The lowest BCUT2D eigenvalue weighted by Gasteiger charge is -2.38. The van der Waals surface area contributed by atoms with E-state index in [1.165, 1.54) is 0 Å². The number of aromatic nitrogens is 1. The lowest BCUT2D eigenvalue weighted by atomic mass is 9.75. The fraction of sp³-hybridized carbons (Fsp3) is 0.600. The molecule has 19 heavy (non-hydrogen) atoms. The van der Waals surface area contributed by atoms with Crippen LogP contribution in [0.3, 0.4) is 0 Å². The van der Waals surface area contributed by atoms with E-state index in [1.807, 2.05) is 4.90 Å². The van der Waals surface area contributed by atoms with Gasteiger partial charge in [-0.05, 0) is 52.2 Å². The highest BCUT2D eigenvalue weighted by atomic mass is 79.9. The minimum atomic E-state index is 0.121. The van der Waals surface area contributed by atoms with Gasteiger partial charge in [-0.15, -0.1) is 0 Å². The third kappa shape index (κ3) is 3.56. The smallest absolute Gasteiger partial charge is 0.254 e. The summed E-state index contributed by atoms with van der Waals surface area (Å²) in [5.74, 6) is 0.830. The van der Waals surface area contributed by atoms with Gasteiger partial charge in [-0.1, -0.05) is 20.8 Å². The van der Waals surface area contributed by atoms with Gasteiger partial charge >= 0.3 is 0 Å². The molecule has 0 saturated carbocycles. The monoisotopic (exact) mass is 324 g/mol. The van der Waals surface area contributed by atoms with Gasteiger partial charge in [-0.2, -0.15) is 0 Å².